The number of Topliss-reactive ketones (excluding diaryl/α,β-unsaturated/α-hetero) is 1. The van der Waals surface area contributed by atoms with E-state index in [4.69, 9.17) is 4.74 Å². The number of carbonyl (C=O) groups is 2. The van der Waals surface area contributed by atoms with Crippen molar-refractivity contribution in [2.24, 2.45) is 29.6 Å². The average Bonchev–Trinajstić information content (AvgIpc) is 3.12. The van der Waals surface area contributed by atoms with Crippen LogP contribution in [0.5, 0.6) is 0 Å². The summed E-state index contributed by atoms with van der Waals surface area (Å²) in [5.41, 5.74) is 0.909. The largest absolute Gasteiger partial charge is 0.462 e. The van der Waals surface area contributed by atoms with Crippen LogP contribution in [0.1, 0.15) is 37.4 Å². The number of aromatic nitrogens is 1. The number of cyclic esters (lactones) is 1. The Morgan fingerprint density at radius 3 is 2.60 bits per heavy atom. The van der Waals surface area contributed by atoms with E-state index in [1.54, 1.807) is 18.2 Å². The predicted molar refractivity (Wildman–Crippen MR) is 122 cm³/mol. The van der Waals surface area contributed by atoms with Crippen LogP contribution in [-0.2, 0) is 20.5 Å². The number of hydrogen-bond acceptors (Lipinski definition) is 5. The second-order valence-corrected chi connectivity index (χ2v) is 9.81. The van der Waals surface area contributed by atoms with E-state index in [1.807, 2.05) is 19.1 Å². The minimum Gasteiger partial charge on any atom is -0.462 e. The highest BCUT2D eigenvalue weighted by atomic mass is 19.4. The first kappa shape index (κ1) is 23.7. The zero-order valence-electron chi connectivity index (χ0n) is 19.1. The van der Waals surface area contributed by atoms with E-state index in [0.717, 1.165) is 12.1 Å². The van der Waals surface area contributed by atoms with Crippen molar-refractivity contribution in [3.05, 3.63) is 59.9 Å². The van der Waals surface area contributed by atoms with Crippen LogP contribution in [0.2, 0.25) is 0 Å². The number of allylic oxidation sites excluding steroid dienone is 1. The van der Waals surface area contributed by atoms with Crippen LogP contribution in [0, 0.1) is 29.6 Å². The minimum atomic E-state index is -4.42. The maximum absolute atomic E-state index is 13.0. The number of pyridine rings is 1. The summed E-state index contributed by atoms with van der Waals surface area (Å²) in [7, 11) is 0. The molecule has 8 heteroatoms. The molecule has 1 N–H and O–H groups in total. The highest BCUT2D eigenvalue weighted by molar-refractivity contribution is 5.87. The van der Waals surface area contributed by atoms with Crippen molar-refractivity contribution in [1.29, 1.82) is 0 Å². The number of halogens is 3. The summed E-state index contributed by atoms with van der Waals surface area (Å²) >= 11 is 0. The van der Waals surface area contributed by atoms with E-state index >= 15 is 0 Å². The number of esters is 1. The molecule has 5 unspecified atom stereocenters. The molecule has 2 saturated carbocycles. The lowest BCUT2D eigenvalue weighted by atomic mass is 9.56. The number of rotatable bonds is 3. The Morgan fingerprint density at radius 1 is 1.09 bits per heavy atom. The second-order valence-electron chi connectivity index (χ2n) is 9.81. The molecule has 2 aromatic rings. The van der Waals surface area contributed by atoms with Crippen molar-refractivity contribution in [2.75, 3.05) is 0 Å². The van der Waals surface area contributed by atoms with E-state index < -0.39 is 17.8 Å². The molecule has 3 fully saturated rings. The van der Waals surface area contributed by atoms with Gasteiger partial charge in [0.05, 0.1) is 17.2 Å². The lowest BCUT2D eigenvalue weighted by Gasteiger charge is -2.45. The Morgan fingerprint density at radius 2 is 1.89 bits per heavy atom. The Kier molecular flexibility index (Phi) is 6.03. The molecule has 0 bridgehead atoms. The summed E-state index contributed by atoms with van der Waals surface area (Å²) < 4.78 is 44.6. The Labute approximate surface area is 201 Å². The van der Waals surface area contributed by atoms with Crippen LogP contribution < -0.4 is 0 Å². The number of nitrogens with zero attached hydrogens (tertiary/aromatic N) is 1. The number of aliphatic hydroxyl groups is 1. The van der Waals surface area contributed by atoms with E-state index in [1.165, 1.54) is 12.3 Å². The summed E-state index contributed by atoms with van der Waals surface area (Å²) in [4.78, 5) is 29.6. The normalized spacial score (nSPS) is 32.9. The molecule has 2 aliphatic carbocycles. The van der Waals surface area contributed by atoms with Gasteiger partial charge in [0, 0.05) is 23.6 Å². The number of alkyl halides is 3. The van der Waals surface area contributed by atoms with Gasteiger partial charge in [-0.15, -0.1) is 0 Å². The standard InChI is InChI=1S/C27H26F3NO4/c1-14-24-20(19-9-10-23(32)25(33)21(19)12-22(24)26(34)35-14)8-7-18-6-5-16(13-31-18)15-3-2-4-17(11-15)27(28,29)30/h2-8,11,13-14,19-24,32H,9-10,12H2,1H3/b8-7+/t14-,19?,20+,21?,22?,23?,24?/m1/s1. The summed E-state index contributed by atoms with van der Waals surface area (Å²) in [6.07, 6.45) is 1.23. The predicted octanol–water partition coefficient (Wildman–Crippen LogP) is 4.93. The molecule has 5 nitrogen and oxygen atoms in total. The number of benzene rings is 1. The van der Waals surface area contributed by atoms with Crippen LogP contribution in [0.15, 0.2) is 48.7 Å². The molecule has 0 amide bonds. The van der Waals surface area contributed by atoms with Crippen LogP contribution in [0.4, 0.5) is 13.2 Å². The number of ketones is 1. The number of aliphatic hydroxyl groups excluding tert-OH is 1. The van der Waals surface area contributed by atoms with Crippen LogP contribution >= 0.6 is 0 Å². The van der Waals surface area contributed by atoms with Crippen LogP contribution in [0.3, 0.4) is 0 Å². The maximum Gasteiger partial charge on any atom is 0.416 e. The average molecular weight is 486 g/mol. The molecule has 3 aliphatic rings. The fourth-order valence-electron chi connectivity index (χ4n) is 6.16. The summed E-state index contributed by atoms with van der Waals surface area (Å²) in [5.74, 6) is -1.32. The zero-order chi connectivity index (χ0) is 24.9. The van der Waals surface area contributed by atoms with Crippen molar-refractivity contribution in [3.8, 4) is 11.1 Å². The van der Waals surface area contributed by atoms with E-state index in [9.17, 15) is 27.9 Å². The van der Waals surface area contributed by atoms with Crippen LogP contribution in [-0.4, -0.2) is 34.1 Å². The van der Waals surface area contributed by atoms with Crippen LogP contribution in [0.25, 0.3) is 17.2 Å². The molecule has 1 saturated heterocycles. The topological polar surface area (TPSA) is 76.5 Å². The molecule has 0 radical (unpaired) electrons. The third-order valence-corrected chi connectivity index (χ3v) is 7.84. The van der Waals surface area contributed by atoms with Crippen molar-refractivity contribution in [3.63, 3.8) is 0 Å². The highest BCUT2D eigenvalue weighted by Crippen LogP contribution is 2.52. The Bertz CT molecular complexity index is 1160. The van der Waals surface area contributed by atoms with E-state index in [2.05, 4.69) is 4.98 Å². The van der Waals surface area contributed by atoms with Gasteiger partial charge < -0.3 is 9.84 Å². The van der Waals surface area contributed by atoms with Gasteiger partial charge in [0.1, 0.15) is 12.2 Å². The molecule has 5 rings (SSSR count). The van der Waals surface area contributed by atoms with Crippen molar-refractivity contribution >= 4 is 17.8 Å². The monoisotopic (exact) mass is 485 g/mol. The number of fused-ring (bicyclic) bond motifs is 2. The second kappa shape index (κ2) is 8.90. The molecule has 1 aromatic carbocycles. The van der Waals surface area contributed by atoms with Gasteiger partial charge in [0.15, 0.2) is 5.78 Å². The first-order chi connectivity index (χ1) is 16.6. The van der Waals surface area contributed by atoms with Gasteiger partial charge in [-0.3, -0.25) is 14.6 Å². The SMILES string of the molecule is C[C@H]1OC(=O)C2CC3C(=O)C(O)CCC3[C@H](/C=C/c3ccc(-c4cccc(C(F)(F)F)c4)cn3)C21. The Hall–Kier alpha value is -3.00. The van der Waals surface area contributed by atoms with E-state index in [0.29, 0.717) is 36.1 Å². The molecule has 0 spiro atoms. The molecule has 7 atom stereocenters. The third-order valence-electron chi connectivity index (χ3n) is 7.84. The fourth-order valence-corrected chi connectivity index (χ4v) is 6.16. The summed E-state index contributed by atoms with van der Waals surface area (Å²) in [5, 5.41) is 10.1. The Balaban J connectivity index is 1.40. The number of ether oxygens (including phenoxy) is 1. The summed E-state index contributed by atoms with van der Waals surface area (Å²) in [6.45, 7) is 1.88. The fraction of sp³-hybridized carbons (Fsp3) is 0.444. The van der Waals surface area contributed by atoms with Gasteiger partial charge in [-0.1, -0.05) is 24.3 Å². The van der Waals surface area contributed by atoms with Gasteiger partial charge in [-0.05, 0) is 67.9 Å². The highest BCUT2D eigenvalue weighted by Gasteiger charge is 2.56. The van der Waals surface area contributed by atoms with E-state index in [-0.39, 0.29) is 47.4 Å². The quantitative estimate of drug-likeness (QED) is 0.624. The van der Waals surface area contributed by atoms with Gasteiger partial charge in [0.25, 0.3) is 0 Å². The molecule has 35 heavy (non-hydrogen) atoms. The first-order valence-electron chi connectivity index (χ1n) is 11.9. The molecular weight excluding hydrogens is 459 g/mol. The number of hydrogen-bond donors (Lipinski definition) is 1. The van der Waals surface area contributed by atoms with Gasteiger partial charge in [-0.2, -0.15) is 13.2 Å². The number of carbonyl (C=O) groups excluding carboxylic acids is 2. The molecule has 1 aliphatic heterocycles. The molecule has 1 aromatic heterocycles. The first-order valence-corrected chi connectivity index (χ1v) is 11.9. The van der Waals surface area contributed by atoms with Crippen molar-refractivity contribution < 1.29 is 32.6 Å². The molecule has 184 valence electrons. The molecule has 2 heterocycles. The summed E-state index contributed by atoms with van der Waals surface area (Å²) in [6, 6.07) is 8.57. The smallest absolute Gasteiger partial charge is 0.416 e. The zero-order valence-corrected chi connectivity index (χ0v) is 19.1. The van der Waals surface area contributed by atoms with Gasteiger partial charge >= 0.3 is 12.1 Å². The van der Waals surface area contributed by atoms with Gasteiger partial charge in [0.2, 0.25) is 0 Å². The minimum absolute atomic E-state index is 0.0183. The van der Waals surface area contributed by atoms with Crippen molar-refractivity contribution in [1.82, 2.24) is 4.98 Å². The lowest BCUT2D eigenvalue weighted by Crippen LogP contribution is -2.49. The van der Waals surface area contributed by atoms with Crippen molar-refractivity contribution in [2.45, 2.75) is 44.6 Å². The van der Waals surface area contributed by atoms with Gasteiger partial charge in [-0.25, -0.2) is 0 Å². The molecular formula is C27H26F3NO4. The maximum atomic E-state index is 13.0. The third kappa shape index (κ3) is 4.40. The lowest BCUT2D eigenvalue weighted by molar-refractivity contribution is -0.146.